The maximum atomic E-state index is 9.67. The molecular formula is C15H20ClN3O2S. The predicted octanol–water partition coefficient (Wildman–Crippen LogP) is 3.18. The minimum atomic E-state index is -0.0799. The molecule has 1 aliphatic carbocycles. The van der Waals surface area contributed by atoms with E-state index in [-0.39, 0.29) is 10.8 Å². The lowest BCUT2D eigenvalue weighted by Gasteiger charge is -2.23. The fraction of sp³-hybridized carbons (Fsp3) is 0.467. The average Bonchev–Trinajstić information content (AvgIpc) is 2.51. The lowest BCUT2D eigenvalue weighted by molar-refractivity contribution is 0.373. The number of phenols is 1. The second-order valence-corrected chi connectivity index (χ2v) is 6.05. The molecule has 0 aliphatic heterocycles. The molecule has 0 saturated heterocycles. The molecule has 22 heavy (non-hydrogen) atoms. The van der Waals surface area contributed by atoms with E-state index in [1.54, 1.807) is 18.3 Å². The zero-order chi connectivity index (χ0) is 15.9. The summed E-state index contributed by atoms with van der Waals surface area (Å²) in [5, 5.41) is 17.7. The van der Waals surface area contributed by atoms with Crippen molar-refractivity contribution < 1.29 is 9.84 Å². The molecule has 1 aromatic carbocycles. The first-order valence-corrected chi connectivity index (χ1v) is 8.05. The Morgan fingerprint density at radius 3 is 2.82 bits per heavy atom. The summed E-state index contributed by atoms with van der Waals surface area (Å²) < 4.78 is 5.04. The van der Waals surface area contributed by atoms with Crippen LogP contribution in [0.5, 0.6) is 11.5 Å². The molecule has 0 spiro atoms. The molecule has 0 atom stereocenters. The molecule has 0 heterocycles. The van der Waals surface area contributed by atoms with Crippen LogP contribution in [-0.2, 0) is 0 Å². The van der Waals surface area contributed by atoms with Crippen molar-refractivity contribution in [2.24, 2.45) is 5.10 Å². The molecule has 0 bridgehead atoms. The van der Waals surface area contributed by atoms with Gasteiger partial charge in [-0.25, -0.2) is 0 Å². The first kappa shape index (κ1) is 16.8. The standard InChI is InChI=1S/C15H20ClN3O2S/c1-21-13-8-10(7-12(16)14(13)20)9-17-19-15(22)18-11-5-3-2-4-6-11/h7-9,11,20H,2-6H2,1H3,(H2,18,19,22)/b17-9-. The summed E-state index contributed by atoms with van der Waals surface area (Å²) in [4.78, 5) is 0. The Hall–Kier alpha value is -1.53. The van der Waals surface area contributed by atoms with Gasteiger partial charge in [0.2, 0.25) is 0 Å². The van der Waals surface area contributed by atoms with Crippen molar-refractivity contribution >= 4 is 35.1 Å². The Bertz CT molecular complexity index is 560. The number of rotatable bonds is 4. The van der Waals surface area contributed by atoms with Crippen LogP contribution in [0.15, 0.2) is 17.2 Å². The van der Waals surface area contributed by atoms with Crippen molar-refractivity contribution in [2.75, 3.05) is 7.11 Å². The molecule has 1 saturated carbocycles. The van der Waals surface area contributed by atoms with Gasteiger partial charge in [-0.1, -0.05) is 30.9 Å². The van der Waals surface area contributed by atoms with Gasteiger partial charge in [0.25, 0.3) is 0 Å². The molecule has 3 N–H and O–H groups in total. The SMILES string of the molecule is COc1cc(/C=N\NC(=S)NC2CCCCC2)cc(Cl)c1O. The van der Waals surface area contributed by atoms with E-state index in [9.17, 15) is 5.11 Å². The number of thiocarbonyl (C=S) groups is 1. The largest absolute Gasteiger partial charge is 0.503 e. The lowest BCUT2D eigenvalue weighted by Crippen LogP contribution is -2.40. The number of halogens is 1. The van der Waals surface area contributed by atoms with Crippen LogP contribution in [0, 0.1) is 0 Å². The van der Waals surface area contributed by atoms with Crippen molar-refractivity contribution in [1.29, 1.82) is 0 Å². The number of hydrogen-bond donors (Lipinski definition) is 3. The highest BCUT2D eigenvalue weighted by molar-refractivity contribution is 7.80. The highest BCUT2D eigenvalue weighted by Gasteiger charge is 2.13. The Kier molecular flexibility index (Phi) is 6.27. The van der Waals surface area contributed by atoms with Crippen LogP contribution in [0.4, 0.5) is 0 Å². The zero-order valence-electron chi connectivity index (χ0n) is 12.4. The van der Waals surface area contributed by atoms with Gasteiger partial charge in [0, 0.05) is 6.04 Å². The van der Waals surface area contributed by atoms with Gasteiger partial charge in [-0.15, -0.1) is 0 Å². The summed E-state index contributed by atoms with van der Waals surface area (Å²) in [5.41, 5.74) is 3.49. The molecule has 120 valence electrons. The van der Waals surface area contributed by atoms with E-state index >= 15 is 0 Å². The van der Waals surface area contributed by atoms with Gasteiger partial charge in [0.15, 0.2) is 16.6 Å². The molecule has 0 radical (unpaired) electrons. The molecule has 2 rings (SSSR count). The summed E-state index contributed by atoms with van der Waals surface area (Å²) in [5.74, 6) is 0.223. The van der Waals surface area contributed by atoms with E-state index < -0.39 is 0 Å². The van der Waals surface area contributed by atoms with Crippen LogP contribution in [0.2, 0.25) is 5.02 Å². The summed E-state index contributed by atoms with van der Waals surface area (Å²) >= 11 is 11.1. The maximum Gasteiger partial charge on any atom is 0.187 e. The molecule has 1 aromatic rings. The van der Waals surface area contributed by atoms with Crippen LogP contribution in [0.1, 0.15) is 37.7 Å². The second-order valence-electron chi connectivity index (χ2n) is 5.23. The Morgan fingerprint density at radius 2 is 2.14 bits per heavy atom. The zero-order valence-corrected chi connectivity index (χ0v) is 14.0. The van der Waals surface area contributed by atoms with Crippen LogP contribution in [0.3, 0.4) is 0 Å². The molecule has 0 aromatic heterocycles. The van der Waals surface area contributed by atoms with Crippen molar-refractivity contribution in [3.63, 3.8) is 0 Å². The van der Waals surface area contributed by atoms with Gasteiger partial charge in [-0.05, 0) is 42.8 Å². The minimum Gasteiger partial charge on any atom is -0.503 e. The Labute approximate surface area is 140 Å². The molecular weight excluding hydrogens is 322 g/mol. The first-order chi connectivity index (χ1) is 10.6. The number of methoxy groups -OCH3 is 1. The van der Waals surface area contributed by atoms with E-state index in [1.807, 2.05) is 0 Å². The maximum absolute atomic E-state index is 9.67. The van der Waals surface area contributed by atoms with Crippen molar-refractivity contribution in [3.8, 4) is 11.5 Å². The van der Waals surface area contributed by atoms with E-state index in [0.717, 1.165) is 12.8 Å². The number of nitrogens with zero attached hydrogens (tertiary/aromatic N) is 1. The molecule has 1 aliphatic rings. The van der Waals surface area contributed by atoms with Gasteiger partial charge < -0.3 is 15.2 Å². The molecule has 5 nitrogen and oxygen atoms in total. The molecule has 1 fully saturated rings. The van der Waals surface area contributed by atoms with Crippen LogP contribution in [-0.4, -0.2) is 29.6 Å². The van der Waals surface area contributed by atoms with Crippen molar-refractivity contribution in [3.05, 3.63) is 22.7 Å². The molecule has 7 heteroatoms. The topological polar surface area (TPSA) is 65.9 Å². The second kappa shape index (κ2) is 8.19. The van der Waals surface area contributed by atoms with Crippen LogP contribution >= 0.6 is 23.8 Å². The van der Waals surface area contributed by atoms with Gasteiger partial charge >= 0.3 is 0 Å². The number of nitrogens with one attached hydrogen (secondary N) is 2. The third-order valence-electron chi connectivity index (χ3n) is 3.59. The predicted molar refractivity (Wildman–Crippen MR) is 93.0 cm³/mol. The van der Waals surface area contributed by atoms with Gasteiger partial charge in [-0.3, -0.25) is 5.43 Å². The van der Waals surface area contributed by atoms with E-state index in [4.69, 9.17) is 28.6 Å². The highest BCUT2D eigenvalue weighted by Crippen LogP contribution is 2.34. The lowest BCUT2D eigenvalue weighted by atomic mass is 9.96. The smallest absolute Gasteiger partial charge is 0.187 e. The Balaban J connectivity index is 1.89. The highest BCUT2D eigenvalue weighted by atomic mass is 35.5. The number of hydrogen-bond acceptors (Lipinski definition) is 4. The van der Waals surface area contributed by atoms with Crippen LogP contribution < -0.4 is 15.5 Å². The summed E-state index contributed by atoms with van der Waals surface area (Å²) in [6.45, 7) is 0. The quantitative estimate of drug-likeness (QED) is 0.446. The fourth-order valence-corrected chi connectivity index (χ4v) is 2.89. The number of hydrazone groups is 1. The van der Waals surface area contributed by atoms with Crippen molar-refractivity contribution in [1.82, 2.24) is 10.7 Å². The number of aromatic hydroxyl groups is 1. The monoisotopic (exact) mass is 341 g/mol. The van der Waals surface area contributed by atoms with E-state index in [1.165, 1.54) is 26.4 Å². The summed E-state index contributed by atoms with van der Waals surface area (Å²) in [6.07, 6.45) is 7.67. The van der Waals surface area contributed by atoms with Gasteiger partial charge in [0.05, 0.1) is 18.3 Å². The first-order valence-electron chi connectivity index (χ1n) is 7.26. The third kappa shape index (κ3) is 4.74. The molecule has 0 amide bonds. The fourth-order valence-electron chi connectivity index (χ4n) is 2.45. The summed E-state index contributed by atoms with van der Waals surface area (Å²) in [6, 6.07) is 3.68. The average molecular weight is 342 g/mol. The van der Waals surface area contributed by atoms with Crippen molar-refractivity contribution in [2.45, 2.75) is 38.1 Å². The van der Waals surface area contributed by atoms with Gasteiger partial charge in [0.1, 0.15) is 0 Å². The third-order valence-corrected chi connectivity index (χ3v) is 4.09. The molecule has 0 unspecified atom stereocenters. The van der Waals surface area contributed by atoms with Crippen LogP contribution in [0.25, 0.3) is 0 Å². The number of benzene rings is 1. The van der Waals surface area contributed by atoms with E-state index in [0.29, 0.717) is 22.5 Å². The number of phenolic OH excluding ortho intramolecular Hbond substituents is 1. The summed E-state index contributed by atoms with van der Waals surface area (Å²) in [7, 11) is 1.47. The Morgan fingerprint density at radius 1 is 1.41 bits per heavy atom. The number of ether oxygens (including phenoxy) is 1. The van der Waals surface area contributed by atoms with E-state index in [2.05, 4.69) is 15.8 Å². The van der Waals surface area contributed by atoms with Gasteiger partial charge in [-0.2, -0.15) is 5.10 Å². The normalized spacial score (nSPS) is 15.7. The minimum absolute atomic E-state index is 0.0799.